The summed E-state index contributed by atoms with van der Waals surface area (Å²) in [6, 6.07) is 0. The Balaban J connectivity index is 3.38. The third-order valence-corrected chi connectivity index (χ3v) is 3.25. The van der Waals surface area contributed by atoms with Gasteiger partial charge in [-0.25, -0.2) is 10.1 Å². The van der Waals surface area contributed by atoms with E-state index in [0.717, 1.165) is 51.4 Å². The number of rotatable bonds is 17. The van der Waals surface area contributed by atoms with E-state index in [1.165, 1.54) is 0 Å². The molecule has 0 bridgehead atoms. The Labute approximate surface area is 137 Å². The summed E-state index contributed by atoms with van der Waals surface area (Å²) >= 11 is 0. The molecule has 0 aliphatic carbocycles. The fourth-order valence-corrected chi connectivity index (χ4v) is 2.13. The molecule has 8 heteroatoms. The average Bonchev–Trinajstić information content (AvgIpc) is 2.55. The molecule has 0 aliphatic heterocycles. The maximum atomic E-state index is 11.2. The zero-order chi connectivity index (χ0) is 17.2. The van der Waals surface area contributed by atoms with Gasteiger partial charge in [0.2, 0.25) is 0 Å². The first-order valence-corrected chi connectivity index (χ1v) is 8.01. The van der Waals surface area contributed by atoms with Gasteiger partial charge in [0.15, 0.2) is 0 Å². The van der Waals surface area contributed by atoms with Gasteiger partial charge in [-0.1, -0.05) is 38.2 Å². The molecule has 0 aliphatic rings. The van der Waals surface area contributed by atoms with Crippen LogP contribution in [-0.2, 0) is 29.5 Å². The minimum absolute atomic E-state index is 0.0818. The predicted octanol–water partition coefficient (Wildman–Crippen LogP) is 2.84. The molecule has 3 N–H and O–H groups in total. The van der Waals surface area contributed by atoms with Crippen LogP contribution in [0.5, 0.6) is 0 Å². The van der Waals surface area contributed by atoms with E-state index in [-0.39, 0.29) is 18.6 Å². The Morgan fingerprint density at radius 2 is 1.74 bits per heavy atom. The van der Waals surface area contributed by atoms with E-state index in [1.807, 2.05) is 0 Å². The second-order valence-corrected chi connectivity index (χ2v) is 5.14. The summed E-state index contributed by atoms with van der Waals surface area (Å²) in [6.07, 6.45) is 10.6. The summed E-state index contributed by atoms with van der Waals surface area (Å²) in [6.45, 7) is 3.97. The summed E-state index contributed by atoms with van der Waals surface area (Å²) in [5, 5.41) is 18.6. The van der Waals surface area contributed by atoms with Crippen LogP contribution in [0.3, 0.4) is 0 Å². The number of hydrogen-bond donors (Lipinski definition) is 2. The monoisotopic (exact) mass is 335 g/mol. The maximum absolute atomic E-state index is 11.2. The van der Waals surface area contributed by atoms with Crippen LogP contribution >= 0.6 is 0 Å². The molecule has 0 amide bonds. The number of ether oxygens (including phenoxy) is 1. The summed E-state index contributed by atoms with van der Waals surface area (Å²) in [7, 11) is 0. The second kappa shape index (κ2) is 17.3. The largest absolute Gasteiger partial charge is 0.461 e. The molecule has 0 aromatic carbocycles. The zero-order valence-electron chi connectivity index (χ0n) is 13.6. The highest BCUT2D eigenvalue weighted by Crippen LogP contribution is 2.13. The first-order chi connectivity index (χ1) is 11.2. The summed E-state index contributed by atoms with van der Waals surface area (Å²) < 4.78 is 5.24. The van der Waals surface area contributed by atoms with Crippen molar-refractivity contribution in [2.45, 2.75) is 63.9 Å². The number of nitrogens with two attached hydrogens (primary N) is 1. The molecule has 0 rings (SSSR count). The molecular formula is C15H29NO7. The standard InChI is InChI=1S/C15H29NO7/c1-2-10-14(20-15(17)13-16)11-8-6-4-3-5-7-9-12-19-22-23-21-18/h2,14,18H,1,3-13,16H2. The topological polar surface area (TPSA) is 109 Å². The van der Waals surface area contributed by atoms with Crippen molar-refractivity contribution in [3.8, 4) is 0 Å². The Kier molecular flexibility index (Phi) is 16.5. The van der Waals surface area contributed by atoms with E-state index in [2.05, 4.69) is 26.6 Å². The summed E-state index contributed by atoms with van der Waals surface area (Å²) in [5.74, 6) is -0.362. The molecule has 8 nitrogen and oxygen atoms in total. The van der Waals surface area contributed by atoms with Crippen LogP contribution in [-0.4, -0.2) is 30.5 Å². The van der Waals surface area contributed by atoms with E-state index in [1.54, 1.807) is 6.08 Å². The van der Waals surface area contributed by atoms with Gasteiger partial charge in [0.1, 0.15) is 6.10 Å². The number of esters is 1. The van der Waals surface area contributed by atoms with Crippen molar-refractivity contribution >= 4 is 5.97 Å². The predicted molar refractivity (Wildman–Crippen MR) is 82.5 cm³/mol. The zero-order valence-corrected chi connectivity index (χ0v) is 13.6. The maximum Gasteiger partial charge on any atom is 0.319 e. The van der Waals surface area contributed by atoms with Gasteiger partial charge < -0.3 is 10.5 Å². The summed E-state index contributed by atoms with van der Waals surface area (Å²) in [4.78, 5) is 15.7. The number of carbonyl (C=O) groups is 1. The van der Waals surface area contributed by atoms with Crippen molar-refractivity contribution in [3.05, 3.63) is 12.7 Å². The lowest BCUT2D eigenvalue weighted by atomic mass is 10.0. The molecule has 23 heavy (non-hydrogen) atoms. The normalized spacial score (nSPS) is 12.1. The molecule has 0 saturated heterocycles. The van der Waals surface area contributed by atoms with Crippen molar-refractivity contribution in [2.75, 3.05) is 13.2 Å². The fraction of sp³-hybridized carbons (Fsp3) is 0.800. The molecule has 0 fully saturated rings. The van der Waals surface area contributed by atoms with Crippen LogP contribution in [0, 0.1) is 0 Å². The van der Waals surface area contributed by atoms with Gasteiger partial charge >= 0.3 is 5.97 Å². The van der Waals surface area contributed by atoms with Crippen molar-refractivity contribution in [1.29, 1.82) is 0 Å². The molecule has 0 spiro atoms. The molecular weight excluding hydrogens is 306 g/mol. The lowest BCUT2D eigenvalue weighted by Gasteiger charge is -2.15. The Morgan fingerprint density at radius 3 is 2.35 bits per heavy atom. The molecule has 0 heterocycles. The van der Waals surface area contributed by atoms with Gasteiger partial charge in [0.05, 0.1) is 13.2 Å². The Morgan fingerprint density at radius 1 is 1.09 bits per heavy atom. The van der Waals surface area contributed by atoms with Gasteiger partial charge in [-0.05, 0) is 34.4 Å². The smallest absolute Gasteiger partial charge is 0.319 e. The highest BCUT2D eigenvalue weighted by Gasteiger charge is 2.11. The van der Waals surface area contributed by atoms with Crippen LogP contribution in [0.1, 0.15) is 57.8 Å². The summed E-state index contributed by atoms with van der Waals surface area (Å²) in [5.41, 5.74) is 5.24. The van der Waals surface area contributed by atoms with Crippen molar-refractivity contribution in [3.63, 3.8) is 0 Å². The average molecular weight is 335 g/mol. The van der Waals surface area contributed by atoms with Crippen molar-refractivity contribution in [1.82, 2.24) is 0 Å². The van der Waals surface area contributed by atoms with Gasteiger partial charge in [0.25, 0.3) is 0 Å². The third-order valence-electron chi connectivity index (χ3n) is 3.25. The minimum Gasteiger partial charge on any atom is -0.461 e. The Bertz CT molecular complexity index is 289. The second-order valence-electron chi connectivity index (χ2n) is 5.14. The molecule has 0 saturated carbocycles. The third kappa shape index (κ3) is 15.6. The lowest BCUT2D eigenvalue weighted by Crippen LogP contribution is -2.23. The number of hydrogen-bond acceptors (Lipinski definition) is 8. The van der Waals surface area contributed by atoms with E-state index in [4.69, 9.17) is 15.7 Å². The van der Waals surface area contributed by atoms with E-state index in [9.17, 15) is 4.79 Å². The van der Waals surface area contributed by atoms with E-state index < -0.39 is 0 Å². The SMILES string of the molecule is C=CCC(CCCCCCCCCOOOOO)OC(=O)CN. The van der Waals surface area contributed by atoms with Crippen LogP contribution in [0.15, 0.2) is 12.7 Å². The van der Waals surface area contributed by atoms with Crippen LogP contribution in [0.2, 0.25) is 0 Å². The highest BCUT2D eigenvalue weighted by atomic mass is 17.8. The van der Waals surface area contributed by atoms with Gasteiger partial charge in [-0.3, -0.25) is 4.79 Å². The minimum atomic E-state index is -0.362. The van der Waals surface area contributed by atoms with Crippen molar-refractivity contribution in [2.24, 2.45) is 5.73 Å². The molecule has 0 aromatic heterocycles. The van der Waals surface area contributed by atoms with Crippen LogP contribution in [0.25, 0.3) is 0 Å². The molecule has 1 atom stereocenters. The van der Waals surface area contributed by atoms with Gasteiger partial charge in [0, 0.05) is 6.42 Å². The van der Waals surface area contributed by atoms with Gasteiger partial charge in [-0.2, -0.15) is 0 Å². The molecule has 1 unspecified atom stereocenters. The van der Waals surface area contributed by atoms with E-state index in [0.29, 0.717) is 13.0 Å². The Hall–Kier alpha value is -1.03. The van der Waals surface area contributed by atoms with Gasteiger partial charge in [-0.15, -0.1) is 6.58 Å². The lowest BCUT2D eigenvalue weighted by molar-refractivity contribution is -0.702. The molecule has 136 valence electrons. The quantitative estimate of drug-likeness (QED) is 0.137. The highest BCUT2D eigenvalue weighted by molar-refractivity contribution is 5.71. The van der Waals surface area contributed by atoms with Crippen LogP contribution in [0.4, 0.5) is 0 Å². The number of carbonyl (C=O) groups excluding carboxylic acids is 1. The number of unbranched alkanes of at least 4 members (excludes halogenated alkanes) is 6. The fourth-order valence-electron chi connectivity index (χ4n) is 2.13. The van der Waals surface area contributed by atoms with Crippen molar-refractivity contribution < 1.29 is 34.8 Å². The first-order valence-electron chi connectivity index (χ1n) is 8.01. The van der Waals surface area contributed by atoms with E-state index >= 15 is 0 Å². The van der Waals surface area contributed by atoms with Crippen LogP contribution < -0.4 is 5.73 Å². The first kappa shape index (κ1) is 22.0. The molecule has 0 radical (unpaired) electrons. The molecule has 0 aromatic rings.